The number of rotatable bonds is 7. The van der Waals surface area contributed by atoms with E-state index in [-0.39, 0.29) is 6.42 Å². The van der Waals surface area contributed by atoms with Crippen LogP contribution >= 0.6 is 22.7 Å². The Labute approximate surface area is 181 Å². The van der Waals surface area contributed by atoms with Gasteiger partial charge in [0.25, 0.3) is 5.91 Å². The first-order chi connectivity index (χ1) is 14.4. The van der Waals surface area contributed by atoms with Crippen molar-refractivity contribution in [2.24, 2.45) is 0 Å². The Kier molecular flexibility index (Phi) is 5.65. The highest BCUT2D eigenvalue weighted by Crippen LogP contribution is 2.26. The highest BCUT2D eigenvalue weighted by atomic mass is 32.1. The van der Waals surface area contributed by atoms with Crippen molar-refractivity contribution in [2.75, 3.05) is 0 Å². The zero-order valence-corrected chi connectivity index (χ0v) is 17.9. The standard InChI is InChI=1S/C21H20N4O3S2/c1-21(9-7-14-5-3-2-4-6-14)19(27)25(20(28)23-21)24-17(26)11-16-13-30-18(22-16)15-8-10-29-12-15/h2-6,8,10,12-13H,7,9,11H2,1H3,(H,23,28)(H,24,26)/t21-/m0/s1. The summed E-state index contributed by atoms with van der Waals surface area (Å²) in [5.74, 6) is -0.929. The monoisotopic (exact) mass is 440 g/mol. The SMILES string of the molecule is C[C@@]1(CCc2ccccc2)NC(=O)N(NC(=O)Cc2csc(-c3ccsc3)n2)C1=O. The Morgan fingerprint density at radius 1 is 1.20 bits per heavy atom. The number of thiophene rings is 1. The fraction of sp³-hybridized carbons (Fsp3) is 0.238. The predicted molar refractivity (Wildman–Crippen MR) is 116 cm³/mol. The van der Waals surface area contributed by atoms with Gasteiger partial charge in [-0.15, -0.1) is 11.3 Å². The van der Waals surface area contributed by atoms with Crippen LogP contribution in [0.2, 0.25) is 0 Å². The van der Waals surface area contributed by atoms with Crippen molar-refractivity contribution < 1.29 is 14.4 Å². The number of imide groups is 1. The molecule has 1 fully saturated rings. The van der Waals surface area contributed by atoms with Crippen LogP contribution in [0.15, 0.2) is 52.5 Å². The van der Waals surface area contributed by atoms with Crippen LogP contribution in [0.5, 0.6) is 0 Å². The number of carbonyl (C=O) groups is 3. The molecule has 7 nitrogen and oxygen atoms in total. The number of thiazole rings is 1. The third kappa shape index (κ3) is 4.27. The summed E-state index contributed by atoms with van der Waals surface area (Å²) in [4.78, 5) is 42.0. The summed E-state index contributed by atoms with van der Waals surface area (Å²) >= 11 is 3.03. The minimum absolute atomic E-state index is 0.0154. The molecule has 9 heteroatoms. The molecule has 2 N–H and O–H groups in total. The van der Waals surface area contributed by atoms with Crippen molar-refractivity contribution in [3.05, 3.63) is 63.8 Å². The number of aromatic nitrogens is 1. The van der Waals surface area contributed by atoms with Crippen LogP contribution in [0.3, 0.4) is 0 Å². The highest BCUT2D eigenvalue weighted by molar-refractivity contribution is 7.14. The highest BCUT2D eigenvalue weighted by Gasteiger charge is 2.48. The molecule has 0 saturated carbocycles. The van der Waals surface area contributed by atoms with Crippen molar-refractivity contribution >= 4 is 40.5 Å². The van der Waals surface area contributed by atoms with Gasteiger partial charge in [0.15, 0.2) is 0 Å². The van der Waals surface area contributed by atoms with E-state index in [2.05, 4.69) is 15.7 Å². The average Bonchev–Trinajstić information content (AvgIpc) is 3.46. The first-order valence-electron chi connectivity index (χ1n) is 9.42. The van der Waals surface area contributed by atoms with Gasteiger partial charge in [0.2, 0.25) is 5.91 Å². The minimum Gasteiger partial charge on any atom is -0.322 e. The van der Waals surface area contributed by atoms with Crippen LogP contribution in [-0.2, 0) is 22.4 Å². The van der Waals surface area contributed by atoms with E-state index in [1.165, 1.54) is 11.3 Å². The lowest BCUT2D eigenvalue weighted by atomic mass is 9.93. The minimum atomic E-state index is -1.06. The van der Waals surface area contributed by atoms with Gasteiger partial charge in [-0.1, -0.05) is 30.3 Å². The van der Waals surface area contributed by atoms with Gasteiger partial charge in [-0.2, -0.15) is 16.3 Å². The van der Waals surface area contributed by atoms with Crippen molar-refractivity contribution in [3.63, 3.8) is 0 Å². The topological polar surface area (TPSA) is 91.4 Å². The number of nitrogens with zero attached hydrogens (tertiary/aromatic N) is 2. The van der Waals surface area contributed by atoms with Gasteiger partial charge in [0, 0.05) is 16.3 Å². The first kappa shape index (κ1) is 20.2. The van der Waals surface area contributed by atoms with E-state index in [9.17, 15) is 14.4 Å². The summed E-state index contributed by atoms with van der Waals surface area (Å²) in [6.45, 7) is 1.68. The van der Waals surface area contributed by atoms with Gasteiger partial charge in [0.1, 0.15) is 10.5 Å². The zero-order chi connectivity index (χ0) is 21.1. The van der Waals surface area contributed by atoms with E-state index in [1.54, 1.807) is 18.3 Å². The predicted octanol–water partition coefficient (Wildman–Crippen LogP) is 3.39. The summed E-state index contributed by atoms with van der Waals surface area (Å²) in [5, 5.41) is 10.1. The summed E-state index contributed by atoms with van der Waals surface area (Å²) in [7, 11) is 0. The van der Waals surface area contributed by atoms with E-state index in [0.717, 1.165) is 21.1 Å². The number of aryl methyl sites for hydroxylation is 1. The Morgan fingerprint density at radius 2 is 2.00 bits per heavy atom. The smallest absolute Gasteiger partial charge is 0.322 e. The molecule has 30 heavy (non-hydrogen) atoms. The molecule has 1 aliphatic rings. The summed E-state index contributed by atoms with van der Waals surface area (Å²) in [6.07, 6.45) is 1.05. The maximum atomic E-state index is 12.8. The number of benzene rings is 1. The third-order valence-corrected chi connectivity index (χ3v) is 6.54. The van der Waals surface area contributed by atoms with Gasteiger partial charge < -0.3 is 5.32 Å². The van der Waals surface area contributed by atoms with Gasteiger partial charge in [0.05, 0.1) is 12.1 Å². The summed E-state index contributed by atoms with van der Waals surface area (Å²) in [5.41, 5.74) is 4.05. The Bertz CT molecular complexity index is 1070. The van der Waals surface area contributed by atoms with Crippen LogP contribution in [-0.4, -0.2) is 33.4 Å². The van der Waals surface area contributed by atoms with E-state index in [0.29, 0.717) is 18.5 Å². The maximum absolute atomic E-state index is 12.8. The van der Waals surface area contributed by atoms with Crippen molar-refractivity contribution in [2.45, 2.75) is 31.7 Å². The second-order valence-corrected chi connectivity index (χ2v) is 8.89. The molecular formula is C21H20N4O3S2. The largest absolute Gasteiger partial charge is 0.344 e. The first-order valence-corrected chi connectivity index (χ1v) is 11.2. The lowest BCUT2D eigenvalue weighted by Gasteiger charge is -2.21. The maximum Gasteiger partial charge on any atom is 0.344 e. The number of hydrogen-bond donors (Lipinski definition) is 2. The fourth-order valence-electron chi connectivity index (χ4n) is 3.23. The van der Waals surface area contributed by atoms with Crippen LogP contribution in [0.4, 0.5) is 4.79 Å². The number of nitrogens with one attached hydrogen (secondary N) is 2. The lowest BCUT2D eigenvalue weighted by molar-refractivity contribution is -0.138. The molecule has 3 heterocycles. The molecule has 1 saturated heterocycles. The van der Waals surface area contributed by atoms with Gasteiger partial charge in [-0.3, -0.25) is 15.0 Å². The van der Waals surface area contributed by atoms with Crippen LogP contribution in [0.1, 0.15) is 24.6 Å². The Balaban J connectivity index is 1.36. The molecule has 0 aliphatic carbocycles. The molecule has 3 aromatic rings. The zero-order valence-electron chi connectivity index (χ0n) is 16.3. The molecular weight excluding hydrogens is 420 g/mol. The normalized spacial score (nSPS) is 18.5. The fourth-order valence-corrected chi connectivity index (χ4v) is 4.76. The van der Waals surface area contributed by atoms with Crippen molar-refractivity contribution in [1.29, 1.82) is 0 Å². The van der Waals surface area contributed by atoms with E-state index < -0.39 is 23.4 Å². The van der Waals surface area contributed by atoms with Gasteiger partial charge in [-0.25, -0.2) is 9.78 Å². The van der Waals surface area contributed by atoms with Gasteiger partial charge >= 0.3 is 6.03 Å². The van der Waals surface area contributed by atoms with Crippen molar-refractivity contribution in [1.82, 2.24) is 20.7 Å². The third-order valence-electron chi connectivity index (χ3n) is 4.92. The van der Waals surface area contributed by atoms with E-state index in [1.807, 2.05) is 52.5 Å². The molecule has 0 spiro atoms. The van der Waals surface area contributed by atoms with Crippen LogP contribution in [0.25, 0.3) is 10.6 Å². The number of urea groups is 1. The molecule has 4 amide bonds. The molecule has 2 aromatic heterocycles. The van der Waals surface area contributed by atoms with Crippen molar-refractivity contribution in [3.8, 4) is 10.6 Å². The van der Waals surface area contributed by atoms with E-state index in [4.69, 9.17) is 0 Å². The molecule has 0 radical (unpaired) electrons. The molecule has 1 aliphatic heterocycles. The second kappa shape index (κ2) is 8.37. The number of hydrogen-bond acceptors (Lipinski definition) is 6. The Morgan fingerprint density at radius 3 is 2.73 bits per heavy atom. The van der Waals surface area contributed by atoms with E-state index >= 15 is 0 Å². The Hall–Kier alpha value is -3.04. The molecule has 154 valence electrons. The summed E-state index contributed by atoms with van der Waals surface area (Å²) < 4.78 is 0. The molecule has 0 bridgehead atoms. The van der Waals surface area contributed by atoms with Gasteiger partial charge in [-0.05, 0) is 36.8 Å². The van der Waals surface area contributed by atoms with Crippen LogP contribution in [0, 0.1) is 0 Å². The average molecular weight is 441 g/mol. The molecule has 1 aromatic carbocycles. The number of hydrazine groups is 1. The number of carbonyl (C=O) groups excluding carboxylic acids is 3. The number of amides is 4. The molecule has 0 unspecified atom stereocenters. The lowest BCUT2D eigenvalue weighted by Crippen LogP contribution is -2.49. The second-order valence-electron chi connectivity index (χ2n) is 7.26. The molecule has 4 rings (SSSR count). The molecule has 1 atom stereocenters. The summed E-state index contributed by atoms with van der Waals surface area (Å²) in [6, 6.07) is 11.1. The quantitative estimate of drug-likeness (QED) is 0.551. The van der Waals surface area contributed by atoms with Crippen LogP contribution < -0.4 is 10.7 Å².